The number of halogens is 1. The first-order chi connectivity index (χ1) is 8.29. The molecular formula is C12H13FN4. The van der Waals surface area contributed by atoms with E-state index in [9.17, 15) is 4.39 Å². The van der Waals surface area contributed by atoms with Crippen molar-refractivity contribution >= 4 is 0 Å². The summed E-state index contributed by atoms with van der Waals surface area (Å²) in [6.45, 7) is 0.347. The molecule has 0 amide bonds. The van der Waals surface area contributed by atoms with Crippen LogP contribution in [0.3, 0.4) is 0 Å². The molecule has 1 aromatic carbocycles. The molecule has 2 N–H and O–H groups in total. The van der Waals surface area contributed by atoms with E-state index >= 15 is 0 Å². The van der Waals surface area contributed by atoms with E-state index in [0.29, 0.717) is 12.6 Å². The highest BCUT2D eigenvalue weighted by Crippen LogP contribution is 2.38. The molecule has 17 heavy (non-hydrogen) atoms. The molecule has 5 heteroatoms. The van der Waals surface area contributed by atoms with Crippen molar-refractivity contribution in [3.05, 3.63) is 35.8 Å². The summed E-state index contributed by atoms with van der Waals surface area (Å²) < 4.78 is 14.8. The van der Waals surface area contributed by atoms with Crippen molar-refractivity contribution in [1.82, 2.24) is 15.0 Å². The Labute approximate surface area is 98.2 Å². The fourth-order valence-electron chi connectivity index (χ4n) is 1.95. The van der Waals surface area contributed by atoms with E-state index in [1.807, 2.05) is 4.68 Å². The molecule has 0 spiro atoms. The van der Waals surface area contributed by atoms with Crippen molar-refractivity contribution in [3.8, 4) is 11.3 Å². The highest BCUT2D eigenvalue weighted by atomic mass is 19.1. The molecule has 1 aliphatic carbocycles. The Kier molecular flexibility index (Phi) is 2.40. The summed E-state index contributed by atoms with van der Waals surface area (Å²) in [6, 6.07) is 6.81. The van der Waals surface area contributed by atoms with Crippen LogP contribution in [0.25, 0.3) is 11.3 Å². The average molecular weight is 232 g/mol. The molecule has 0 aliphatic heterocycles. The van der Waals surface area contributed by atoms with Gasteiger partial charge < -0.3 is 5.73 Å². The molecule has 4 nitrogen and oxygen atoms in total. The Morgan fingerprint density at radius 1 is 1.29 bits per heavy atom. The van der Waals surface area contributed by atoms with Crippen LogP contribution in [-0.2, 0) is 6.54 Å². The van der Waals surface area contributed by atoms with Gasteiger partial charge >= 0.3 is 0 Å². The summed E-state index contributed by atoms with van der Waals surface area (Å²) in [5, 5.41) is 8.23. The predicted molar refractivity (Wildman–Crippen MR) is 61.6 cm³/mol. The van der Waals surface area contributed by atoms with Crippen LogP contribution in [0.15, 0.2) is 24.3 Å². The van der Waals surface area contributed by atoms with Crippen LogP contribution < -0.4 is 5.73 Å². The van der Waals surface area contributed by atoms with Gasteiger partial charge in [-0.1, -0.05) is 5.21 Å². The van der Waals surface area contributed by atoms with Gasteiger partial charge in [-0.25, -0.2) is 9.07 Å². The number of hydrogen-bond acceptors (Lipinski definition) is 3. The first-order valence-electron chi connectivity index (χ1n) is 5.69. The fourth-order valence-corrected chi connectivity index (χ4v) is 1.95. The van der Waals surface area contributed by atoms with Gasteiger partial charge in [0.25, 0.3) is 0 Å². The first-order valence-corrected chi connectivity index (χ1v) is 5.69. The normalized spacial score (nSPS) is 15.2. The molecular weight excluding hydrogens is 219 g/mol. The van der Waals surface area contributed by atoms with Crippen molar-refractivity contribution in [3.63, 3.8) is 0 Å². The van der Waals surface area contributed by atoms with E-state index in [2.05, 4.69) is 10.3 Å². The third kappa shape index (κ3) is 1.82. The Morgan fingerprint density at radius 2 is 2.00 bits per heavy atom. The Bertz CT molecular complexity index is 528. The smallest absolute Gasteiger partial charge is 0.123 e. The average Bonchev–Trinajstić information content (AvgIpc) is 3.10. The number of rotatable bonds is 3. The van der Waals surface area contributed by atoms with Gasteiger partial charge in [0.1, 0.15) is 11.5 Å². The zero-order chi connectivity index (χ0) is 11.8. The second kappa shape index (κ2) is 3.92. The molecule has 1 fully saturated rings. The van der Waals surface area contributed by atoms with E-state index in [1.165, 1.54) is 12.1 Å². The highest BCUT2D eigenvalue weighted by Gasteiger charge is 2.29. The molecule has 0 radical (unpaired) electrons. The quantitative estimate of drug-likeness (QED) is 0.879. The molecule has 1 aliphatic rings. The minimum absolute atomic E-state index is 0.242. The molecule has 0 saturated heterocycles. The van der Waals surface area contributed by atoms with E-state index < -0.39 is 0 Å². The number of benzene rings is 1. The molecule has 88 valence electrons. The molecule has 2 aromatic rings. The van der Waals surface area contributed by atoms with E-state index in [1.54, 1.807) is 12.1 Å². The zero-order valence-electron chi connectivity index (χ0n) is 9.31. The van der Waals surface area contributed by atoms with Crippen LogP contribution in [0.1, 0.15) is 24.6 Å². The van der Waals surface area contributed by atoms with Crippen LogP contribution >= 0.6 is 0 Å². The lowest BCUT2D eigenvalue weighted by Crippen LogP contribution is -2.02. The lowest BCUT2D eigenvalue weighted by molar-refractivity contribution is 0.615. The minimum atomic E-state index is -0.242. The molecule has 0 atom stereocenters. The van der Waals surface area contributed by atoms with Crippen molar-refractivity contribution in [2.24, 2.45) is 5.73 Å². The van der Waals surface area contributed by atoms with Crippen molar-refractivity contribution in [2.45, 2.75) is 25.4 Å². The van der Waals surface area contributed by atoms with Gasteiger partial charge in [0.15, 0.2) is 0 Å². The Balaban J connectivity index is 2.10. The molecule has 1 heterocycles. The van der Waals surface area contributed by atoms with Gasteiger partial charge in [-0.15, -0.1) is 5.10 Å². The third-order valence-corrected chi connectivity index (χ3v) is 2.97. The van der Waals surface area contributed by atoms with Crippen LogP contribution in [0, 0.1) is 5.82 Å². The molecule has 3 rings (SSSR count). The largest absolute Gasteiger partial charge is 0.325 e. The van der Waals surface area contributed by atoms with Gasteiger partial charge in [0, 0.05) is 12.1 Å². The van der Waals surface area contributed by atoms with Crippen LogP contribution in [0.5, 0.6) is 0 Å². The van der Waals surface area contributed by atoms with E-state index in [4.69, 9.17) is 5.73 Å². The summed E-state index contributed by atoms with van der Waals surface area (Å²) in [4.78, 5) is 0. The number of nitrogens with two attached hydrogens (primary N) is 1. The van der Waals surface area contributed by atoms with Gasteiger partial charge in [-0.3, -0.25) is 0 Å². The summed E-state index contributed by atoms with van der Waals surface area (Å²) in [5.41, 5.74) is 8.28. The van der Waals surface area contributed by atoms with Crippen molar-refractivity contribution in [2.75, 3.05) is 0 Å². The van der Waals surface area contributed by atoms with Crippen LogP contribution in [0.4, 0.5) is 4.39 Å². The van der Waals surface area contributed by atoms with Gasteiger partial charge in [0.2, 0.25) is 0 Å². The Hall–Kier alpha value is -1.75. The second-order valence-electron chi connectivity index (χ2n) is 4.27. The minimum Gasteiger partial charge on any atom is -0.325 e. The van der Waals surface area contributed by atoms with Crippen LogP contribution in [0.2, 0.25) is 0 Å². The predicted octanol–water partition coefficient (Wildman–Crippen LogP) is 1.88. The fraction of sp³-hybridized carbons (Fsp3) is 0.333. The van der Waals surface area contributed by atoms with Gasteiger partial charge in [-0.05, 0) is 37.1 Å². The zero-order valence-corrected chi connectivity index (χ0v) is 9.31. The summed E-state index contributed by atoms with van der Waals surface area (Å²) >= 11 is 0. The van der Waals surface area contributed by atoms with Crippen molar-refractivity contribution < 1.29 is 4.39 Å². The highest BCUT2D eigenvalue weighted by molar-refractivity contribution is 5.62. The summed E-state index contributed by atoms with van der Waals surface area (Å²) in [5.74, 6) is -0.242. The number of hydrogen-bond donors (Lipinski definition) is 1. The lowest BCUT2D eigenvalue weighted by Gasteiger charge is -2.06. The maximum absolute atomic E-state index is 12.9. The van der Waals surface area contributed by atoms with Crippen LogP contribution in [-0.4, -0.2) is 15.0 Å². The summed E-state index contributed by atoms with van der Waals surface area (Å²) in [6.07, 6.45) is 2.25. The van der Waals surface area contributed by atoms with Gasteiger partial charge in [0.05, 0.1) is 11.7 Å². The van der Waals surface area contributed by atoms with E-state index in [0.717, 1.165) is 29.8 Å². The SMILES string of the molecule is NCc1nnn(C2CC2)c1-c1ccc(F)cc1. The number of nitrogens with zero attached hydrogens (tertiary/aromatic N) is 3. The molecule has 1 saturated carbocycles. The van der Waals surface area contributed by atoms with Crippen molar-refractivity contribution in [1.29, 1.82) is 0 Å². The standard InChI is InChI=1S/C12H13FN4/c13-9-3-1-8(2-4-9)12-11(7-14)15-16-17(12)10-5-6-10/h1-4,10H,5-7,14H2. The van der Waals surface area contributed by atoms with Gasteiger partial charge in [-0.2, -0.15) is 0 Å². The maximum atomic E-state index is 12.9. The number of aromatic nitrogens is 3. The maximum Gasteiger partial charge on any atom is 0.123 e. The third-order valence-electron chi connectivity index (χ3n) is 2.97. The first kappa shape index (κ1) is 10.4. The monoisotopic (exact) mass is 232 g/mol. The van der Waals surface area contributed by atoms with E-state index in [-0.39, 0.29) is 5.82 Å². The second-order valence-corrected chi connectivity index (χ2v) is 4.27. The lowest BCUT2D eigenvalue weighted by atomic mass is 10.1. The topological polar surface area (TPSA) is 56.7 Å². The summed E-state index contributed by atoms with van der Waals surface area (Å²) in [7, 11) is 0. The molecule has 1 aromatic heterocycles. The molecule has 0 bridgehead atoms. The Morgan fingerprint density at radius 3 is 2.59 bits per heavy atom. The molecule has 0 unspecified atom stereocenters.